The number of alkyl halides is 3. The Bertz CT molecular complexity index is 475. The molecule has 5 nitrogen and oxygen atoms in total. The highest BCUT2D eigenvalue weighted by Crippen LogP contribution is 2.32. The molecule has 0 radical (unpaired) electrons. The van der Waals surface area contributed by atoms with Gasteiger partial charge in [0.15, 0.2) is 11.5 Å². The van der Waals surface area contributed by atoms with Gasteiger partial charge in [-0.25, -0.2) is 14.8 Å². The molecule has 1 heterocycles. The van der Waals surface area contributed by atoms with Crippen LogP contribution in [-0.4, -0.2) is 28.2 Å². The first-order valence-corrected chi connectivity index (χ1v) is 5.38. The Hall–Kier alpha value is -1.70. The van der Waals surface area contributed by atoms with Crippen molar-refractivity contribution in [2.45, 2.75) is 26.1 Å². The molecule has 0 aliphatic carbocycles. The van der Waals surface area contributed by atoms with Crippen LogP contribution in [0.2, 0.25) is 0 Å². The minimum atomic E-state index is -4.86. The third-order valence-corrected chi connectivity index (χ3v) is 2.42. The molecule has 0 saturated heterocycles. The molecule has 0 amide bonds. The Kier molecular flexibility index (Phi) is 4.46. The summed E-state index contributed by atoms with van der Waals surface area (Å²) in [7, 11) is 1.33. The van der Waals surface area contributed by atoms with Crippen LogP contribution in [0.25, 0.3) is 0 Å². The predicted molar refractivity (Wildman–Crippen MR) is 58.6 cm³/mol. The molecule has 106 valence electrons. The Morgan fingerprint density at radius 1 is 1.42 bits per heavy atom. The predicted octanol–water partition coefficient (Wildman–Crippen LogP) is 2.54. The van der Waals surface area contributed by atoms with E-state index in [-0.39, 0.29) is 11.7 Å². The van der Waals surface area contributed by atoms with Gasteiger partial charge in [0.25, 0.3) is 0 Å². The summed E-state index contributed by atoms with van der Waals surface area (Å²) < 4.78 is 43.3. The zero-order valence-corrected chi connectivity index (χ0v) is 10.5. The SMILES string of the molecule is COC(c1ncc(C(=O)O)c(C(F)(F)F)n1)C(C)C. The molecule has 1 rings (SSSR count). The van der Waals surface area contributed by atoms with Gasteiger partial charge >= 0.3 is 12.1 Å². The summed E-state index contributed by atoms with van der Waals surface area (Å²) in [4.78, 5) is 17.7. The van der Waals surface area contributed by atoms with Gasteiger partial charge in [0.2, 0.25) is 0 Å². The van der Waals surface area contributed by atoms with Crippen LogP contribution in [0.1, 0.15) is 41.8 Å². The summed E-state index contributed by atoms with van der Waals surface area (Å²) in [5, 5.41) is 8.71. The maximum atomic E-state index is 12.8. The molecule has 0 bridgehead atoms. The highest BCUT2D eigenvalue weighted by Gasteiger charge is 2.38. The minimum Gasteiger partial charge on any atom is -0.478 e. The zero-order chi connectivity index (χ0) is 14.8. The van der Waals surface area contributed by atoms with Gasteiger partial charge < -0.3 is 9.84 Å². The van der Waals surface area contributed by atoms with Crippen LogP contribution in [0.15, 0.2) is 6.20 Å². The molecule has 0 aliphatic rings. The average molecular weight is 278 g/mol. The third-order valence-electron chi connectivity index (χ3n) is 2.42. The number of aromatic carboxylic acids is 1. The third kappa shape index (κ3) is 3.40. The van der Waals surface area contributed by atoms with Crippen molar-refractivity contribution in [1.82, 2.24) is 9.97 Å². The molecule has 0 aliphatic heterocycles. The van der Waals surface area contributed by atoms with Crippen LogP contribution >= 0.6 is 0 Å². The van der Waals surface area contributed by atoms with Crippen LogP contribution in [0.4, 0.5) is 13.2 Å². The van der Waals surface area contributed by atoms with Gasteiger partial charge in [0.1, 0.15) is 11.7 Å². The smallest absolute Gasteiger partial charge is 0.434 e. The monoisotopic (exact) mass is 278 g/mol. The van der Waals surface area contributed by atoms with E-state index in [1.807, 2.05) is 0 Å². The fourth-order valence-electron chi connectivity index (χ4n) is 1.58. The molecule has 0 aromatic carbocycles. The Morgan fingerprint density at radius 3 is 2.37 bits per heavy atom. The van der Waals surface area contributed by atoms with E-state index in [1.54, 1.807) is 13.8 Å². The summed E-state index contributed by atoms with van der Waals surface area (Å²) in [6.07, 6.45) is -4.94. The Labute approximate surface area is 107 Å². The number of nitrogens with zero attached hydrogens (tertiary/aromatic N) is 2. The van der Waals surface area contributed by atoms with Crippen molar-refractivity contribution in [2.75, 3.05) is 7.11 Å². The molecule has 1 unspecified atom stereocenters. The van der Waals surface area contributed by atoms with Crippen molar-refractivity contribution in [2.24, 2.45) is 5.92 Å². The maximum Gasteiger partial charge on any atom is 0.434 e. The first-order chi connectivity index (χ1) is 8.68. The fraction of sp³-hybridized carbons (Fsp3) is 0.545. The van der Waals surface area contributed by atoms with Gasteiger partial charge in [-0.2, -0.15) is 13.2 Å². The largest absolute Gasteiger partial charge is 0.478 e. The van der Waals surface area contributed by atoms with Gasteiger partial charge in [-0.05, 0) is 5.92 Å². The van der Waals surface area contributed by atoms with Crippen LogP contribution < -0.4 is 0 Å². The summed E-state index contributed by atoms with van der Waals surface area (Å²) >= 11 is 0. The first-order valence-electron chi connectivity index (χ1n) is 5.38. The highest BCUT2D eigenvalue weighted by atomic mass is 19.4. The first kappa shape index (κ1) is 15.4. The number of carboxylic acid groups (broad SMARTS) is 1. The van der Waals surface area contributed by atoms with Crippen LogP contribution in [0, 0.1) is 5.92 Å². The molecule has 8 heteroatoms. The number of aromatic nitrogens is 2. The van der Waals surface area contributed by atoms with Gasteiger partial charge in [-0.15, -0.1) is 0 Å². The normalized spacial score (nSPS) is 13.6. The van der Waals surface area contributed by atoms with Gasteiger partial charge in [0, 0.05) is 13.3 Å². The molecule has 0 fully saturated rings. The molecule has 1 atom stereocenters. The van der Waals surface area contributed by atoms with E-state index < -0.39 is 29.5 Å². The molecule has 1 aromatic rings. The standard InChI is InChI=1S/C11H13F3N2O3/c1-5(2)7(19-3)9-15-4-6(10(17)18)8(16-9)11(12,13)14/h4-5,7H,1-3H3,(H,17,18). The summed E-state index contributed by atoms with van der Waals surface area (Å²) in [6, 6.07) is 0. The molecule has 1 aromatic heterocycles. The Balaban J connectivity index is 3.37. The van der Waals surface area contributed by atoms with E-state index in [0.717, 1.165) is 0 Å². The lowest BCUT2D eigenvalue weighted by Crippen LogP contribution is -2.21. The van der Waals surface area contributed by atoms with Gasteiger partial charge in [-0.3, -0.25) is 0 Å². The summed E-state index contributed by atoms with van der Waals surface area (Å²) in [6.45, 7) is 3.46. The van der Waals surface area contributed by atoms with E-state index in [9.17, 15) is 18.0 Å². The number of halogens is 3. The maximum absolute atomic E-state index is 12.8. The van der Waals surface area contributed by atoms with Crippen molar-refractivity contribution < 1.29 is 27.8 Å². The number of hydrogen-bond acceptors (Lipinski definition) is 4. The van der Waals surface area contributed by atoms with Crippen molar-refractivity contribution in [3.8, 4) is 0 Å². The highest BCUT2D eigenvalue weighted by molar-refractivity contribution is 5.88. The second-order valence-corrected chi connectivity index (χ2v) is 4.19. The van der Waals surface area contributed by atoms with E-state index in [2.05, 4.69) is 9.97 Å². The number of carboxylic acids is 1. The van der Waals surface area contributed by atoms with Crippen LogP contribution in [0.5, 0.6) is 0 Å². The molecule has 19 heavy (non-hydrogen) atoms. The lowest BCUT2D eigenvalue weighted by molar-refractivity contribution is -0.142. The molecule has 0 saturated carbocycles. The Morgan fingerprint density at radius 2 is 2.00 bits per heavy atom. The fourth-order valence-corrected chi connectivity index (χ4v) is 1.58. The van der Waals surface area contributed by atoms with Gasteiger partial charge in [0.05, 0.1) is 0 Å². The number of hydrogen-bond donors (Lipinski definition) is 1. The van der Waals surface area contributed by atoms with E-state index in [1.165, 1.54) is 7.11 Å². The number of rotatable bonds is 4. The number of methoxy groups -OCH3 is 1. The molecule has 1 N–H and O–H groups in total. The quantitative estimate of drug-likeness (QED) is 0.916. The second kappa shape index (κ2) is 5.52. The van der Waals surface area contributed by atoms with E-state index in [4.69, 9.17) is 9.84 Å². The van der Waals surface area contributed by atoms with Gasteiger partial charge in [-0.1, -0.05) is 13.8 Å². The van der Waals surface area contributed by atoms with Crippen LogP contribution in [0.3, 0.4) is 0 Å². The number of ether oxygens (including phenoxy) is 1. The summed E-state index contributed by atoms with van der Waals surface area (Å²) in [5.41, 5.74) is -2.44. The second-order valence-electron chi connectivity index (χ2n) is 4.19. The zero-order valence-electron chi connectivity index (χ0n) is 10.5. The van der Waals surface area contributed by atoms with Crippen LogP contribution in [-0.2, 0) is 10.9 Å². The average Bonchev–Trinajstić information content (AvgIpc) is 2.27. The van der Waals surface area contributed by atoms with E-state index in [0.29, 0.717) is 6.20 Å². The van der Waals surface area contributed by atoms with Crippen molar-refractivity contribution in [3.05, 3.63) is 23.3 Å². The van der Waals surface area contributed by atoms with Crippen molar-refractivity contribution >= 4 is 5.97 Å². The molecule has 0 spiro atoms. The lowest BCUT2D eigenvalue weighted by atomic mass is 10.1. The van der Waals surface area contributed by atoms with Crippen molar-refractivity contribution in [3.63, 3.8) is 0 Å². The van der Waals surface area contributed by atoms with E-state index >= 15 is 0 Å². The number of carbonyl (C=O) groups is 1. The lowest BCUT2D eigenvalue weighted by Gasteiger charge is -2.19. The minimum absolute atomic E-state index is 0.151. The summed E-state index contributed by atoms with van der Waals surface area (Å²) in [5.74, 6) is -2.06. The molecular weight excluding hydrogens is 265 g/mol. The molecular formula is C11H13F3N2O3. The van der Waals surface area contributed by atoms with Crippen molar-refractivity contribution in [1.29, 1.82) is 0 Å². The topological polar surface area (TPSA) is 72.3 Å².